The van der Waals surface area contributed by atoms with E-state index in [0.717, 1.165) is 37.3 Å². The molecule has 0 spiro atoms. The number of hydrogen-bond acceptors (Lipinski definition) is 7. The van der Waals surface area contributed by atoms with E-state index in [1.165, 1.54) is 12.6 Å². The van der Waals surface area contributed by atoms with Gasteiger partial charge in [-0.15, -0.1) is 11.3 Å². The average molecular weight is 305 g/mol. The van der Waals surface area contributed by atoms with Gasteiger partial charge in [0.25, 0.3) is 10.0 Å². The summed E-state index contributed by atoms with van der Waals surface area (Å²) in [5.41, 5.74) is 1.16. The van der Waals surface area contributed by atoms with Crippen LogP contribution in [0.1, 0.15) is 23.3 Å². The number of nitrogens with zero attached hydrogens (tertiary/aromatic N) is 1. The molecule has 1 fully saturated rings. The predicted octanol–water partition coefficient (Wildman–Crippen LogP) is -0.0400. The first kappa shape index (κ1) is 14.4. The van der Waals surface area contributed by atoms with E-state index in [2.05, 4.69) is 19.8 Å². The Morgan fingerprint density at radius 1 is 1.53 bits per heavy atom. The van der Waals surface area contributed by atoms with Gasteiger partial charge in [-0.05, 0) is 25.9 Å². The minimum atomic E-state index is -3.72. The lowest BCUT2D eigenvalue weighted by molar-refractivity contribution is 0.0590. The fourth-order valence-corrected chi connectivity index (χ4v) is 4.33. The van der Waals surface area contributed by atoms with Crippen molar-refractivity contribution in [2.45, 2.75) is 23.1 Å². The van der Waals surface area contributed by atoms with E-state index < -0.39 is 16.0 Å². The number of sulfonamides is 1. The van der Waals surface area contributed by atoms with E-state index in [4.69, 9.17) is 0 Å². The van der Waals surface area contributed by atoms with E-state index in [1.807, 2.05) is 0 Å². The molecule has 0 saturated carbocycles. The molecule has 2 heterocycles. The van der Waals surface area contributed by atoms with Crippen LogP contribution in [0.3, 0.4) is 0 Å². The highest BCUT2D eigenvalue weighted by Gasteiger charge is 2.29. The molecule has 0 aliphatic carbocycles. The minimum Gasteiger partial charge on any atom is -0.464 e. The first-order valence-corrected chi connectivity index (χ1v) is 8.15. The van der Waals surface area contributed by atoms with Gasteiger partial charge in [-0.3, -0.25) is 0 Å². The molecule has 106 valence electrons. The molecule has 0 atom stereocenters. The van der Waals surface area contributed by atoms with Crippen molar-refractivity contribution < 1.29 is 17.9 Å². The van der Waals surface area contributed by atoms with Gasteiger partial charge in [-0.1, -0.05) is 0 Å². The maximum absolute atomic E-state index is 12.2. The van der Waals surface area contributed by atoms with Crippen LogP contribution in [0.4, 0.5) is 0 Å². The van der Waals surface area contributed by atoms with Crippen LogP contribution >= 0.6 is 11.3 Å². The summed E-state index contributed by atoms with van der Waals surface area (Å²) in [6, 6.07) is -0.112. The number of aromatic nitrogens is 1. The van der Waals surface area contributed by atoms with Crippen molar-refractivity contribution in [3.63, 3.8) is 0 Å². The zero-order valence-electron chi connectivity index (χ0n) is 10.4. The molecular weight excluding hydrogens is 290 g/mol. The zero-order chi connectivity index (χ0) is 13.9. The summed E-state index contributed by atoms with van der Waals surface area (Å²) in [6.45, 7) is 1.56. The number of esters is 1. The van der Waals surface area contributed by atoms with Crippen LogP contribution < -0.4 is 10.0 Å². The molecule has 1 aliphatic rings. The monoisotopic (exact) mass is 305 g/mol. The summed E-state index contributed by atoms with van der Waals surface area (Å²) >= 11 is 0.911. The van der Waals surface area contributed by atoms with Gasteiger partial charge in [0.15, 0.2) is 9.90 Å². The van der Waals surface area contributed by atoms with Crippen molar-refractivity contribution in [1.82, 2.24) is 15.0 Å². The van der Waals surface area contributed by atoms with Crippen LogP contribution in [0.25, 0.3) is 0 Å². The van der Waals surface area contributed by atoms with Gasteiger partial charge >= 0.3 is 5.97 Å². The van der Waals surface area contributed by atoms with E-state index >= 15 is 0 Å². The maximum Gasteiger partial charge on any atom is 0.358 e. The lowest BCUT2D eigenvalue weighted by Crippen LogP contribution is -2.42. The summed E-state index contributed by atoms with van der Waals surface area (Å²) in [7, 11) is -2.53. The number of carbonyl (C=O) groups is 1. The standard InChI is InChI=1S/C10H15N3O4S2/c1-17-9(14)8-10(18-6-12-8)19(15,16)13-7-2-4-11-5-3-7/h6-7,11,13H,2-5H2,1H3. The van der Waals surface area contributed by atoms with Crippen molar-refractivity contribution in [2.75, 3.05) is 20.2 Å². The molecule has 0 amide bonds. The Balaban J connectivity index is 2.19. The van der Waals surface area contributed by atoms with E-state index in [1.54, 1.807) is 0 Å². The number of thiazole rings is 1. The van der Waals surface area contributed by atoms with Crippen LogP contribution in [0.5, 0.6) is 0 Å². The SMILES string of the molecule is COC(=O)c1ncsc1S(=O)(=O)NC1CCNCC1. The van der Waals surface area contributed by atoms with Crippen LogP contribution in [0, 0.1) is 0 Å². The lowest BCUT2D eigenvalue weighted by atomic mass is 10.1. The summed E-state index contributed by atoms with van der Waals surface area (Å²) in [5, 5.41) is 3.16. The number of hydrogen-bond donors (Lipinski definition) is 2. The second-order valence-electron chi connectivity index (χ2n) is 4.13. The van der Waals surface area contributed by atoms with Gasteiger partial charge in [0.1, 0.15) is 0 Å². The van der Waals surface area contributed by atoms with Crippen LogP contribution in [-0.4, -0.2) is 45.6 Å². The van der Waals surface area contributed by atoms with Crippen molar-refractivity contribution in [3.05, 3.63) is 11.2 Å². The van der Waals surface area contributed by atoms with Crippen LogP contribution in [0.15, 0.2) is 9.72 Å². The number of piperidine rings is 1. The number of nitrogens with one attached hydrogen (secondary N) is 2. The number of carbonyl (C=O) groups excluding carboxylic acids is 1. The molecule has 2 N–H and O–H groups in total. The number of rotatable bonds is 4. The topological polar surface area (TPSA) is 97.4 Å². The molecule has 0 aromatic carbocycles. The fourth-order valence-electron chi connectivity index (χ4n) is 1.87. The van der Waals surface area contributed by atoms with Gasteiger partial charge in [0, 0.05) is 6.04 Å². The molecule has 9 heteroatoms. The Labute approximate surface area is 115 Å². The first-order chi connectivity index (χ1) is 9.04. The zero-order valence-corrected chi connectivity index (χ0v) is 12.0. The number of ether oxygens (including phenoxy) is 1. The van der Waals surface area contributed by atoms with Gasteiger partial charge in [0.2, 0.25) is 0 Å². The second-order valence-corrected chi connectivity index (χ2v) is 6.89. The molecule has 0 unspecified atom stereocenters. The van der Waals surface area contributed by atoms with Crippen molar-refractivity contribution in [2.24, 2.45) is 0 Å². The quantitative estimate of drug-likeness (QED) is 0.758. The summed E-state index contributed by atoms with van der Waals surface area (Å²) in [4.78, 5) is 15.2. The molecule has 1 saturated heterocycles. The van der Waals surface area contributed by atoms with E-state index in [9.17, 15) is 13.2 Å². The first-order valence-electron chi connectivity index (χ1n) is 5.79. The molecule has 0 radical (unpaired) electrons. The van der Waals surface area contributed by atoms with Crippen molar-refractivity contribution in [3.8, 4) is 0 Å². The molecule has 1 aliphatic heterocycles. The van der Waals surface area contributed by atoms with Crippen LogP contribution in [0.2, 0.25) is 0 Å². The molecule has 0 bridgehead atoms. The predicted molar refractivity (Wildman–Crippen MR) is 69.7 cm³/mol. The highest BCUT2D eigenvalue weighted by atomic mass is 32.2. The normalized spacial score (nSPS) is 17.3. The molecule has 7 nitrogen and oxygen atoms in total. The second kappa shape index (κ2) is 5.95. The van der Waals surface area contributed by atoms with Crippen LogP contribution in [-0.2, 0) is 14.8 Å². The Morgan fingerprint density at radius 2 is 2.21 bits per heavy atom. The van der Waals surface area contributed by atoms with Crippen molar-refractivity contribution in [1.29, 1.82) is 0 Å². The molecular formula is C10H15N3O4S2. The Hall–Kier alpha value is -1.03. The fraction of sp³-hybridized carbons (Fsp3) is 0.600. The molecule has 1 aromatic heterocycles. The maximum atomic E-state index is 12.2. The molecule has 19 heavy (non-hydrogen) atoms. The van der Waals surface area contributed by atoms with E-state index in [-0.39, 0.29) is 15.9 Å². The Kier molecular flexibility index (Phi) is 4.50. The smallest absolute Gasteiger partial charge is 0.358 e. The summed E-state index contributed by atoms with van der Waals surface area (Å²) in [5.74, 6) is -0.744. The summed E-state index contributed by atoms with van der Waals surface area (Å²) in [6.07, 6.45) is 1.46. The average Bonchev–Trinajstić information content (AvgIpc) is 2.88. The third-order valence-corrected chi connectivity index (χ3v) is 5.71. The van der Waals surface area contributed by atoms with E-state index in [0.29, 0.717) is 0 Å². The molecule has 2 rings (SSSR count). The Morgan fingerprint density at radius 3 is 2.84 bits per heavy atom. The van der Waals surface area contributed by atoms with Gasteiger partial charge < -0.3 is 10.1 Å². The minimum absolute atomic E-state index is 0.0853. The lowest BCUT2D eigenvalue weighted by Gasteiger charge is -2.23. The van der Waals surface area contributed by atoms with Gasteiger partial charge in [-0.2, -0.15) is 0 Å². The highest BCUT2D eigenvalue weighted by Crippen LogP contribution is 2.21. The Bertz CT molecular complexity index is 549. The van der Waals surface area contributed by atoms with Gasteiger partial charge in [0.05, 0.1) is 12.6 Å². The third kappa shape index (κ3) is 3.30. The van der Waals surface area contributed by atoms with Gasteiger partial charge in [-0.25, -0.2) is 22.9 Å². The summed E-state index contributed by atoms with van der Waals surface area (Å²) < 4.78 is 31.5. The largest absolute Gasteiger partial charge is 0.464 e. The third-order valence-electron chi connectivity index (χ3n) is 2.82. The number of methoxy groups -OCH3 is 1. The molecule has 1 aromatic rings. The highest BCUT2D eigenvalue weighted by molar-refractivity contribution is 7.91. The van der Waals surface area contributed by atoms with Crippen molar-refractivity contribution >= 4 is 27.3 Å².